The van der Waals surface area contributed by atoms with Gasteiger partial charge in [-0.3, -0.25) is 0 Å². The summed E-state index contributed by atoms with van der Waals surface area (Å²) in [5, 5.41) is 1.86. The Balaban J connectivity index is 2.12. The number of rotatable bonds is 3. The second-order valence-corrected chi connectivity index (χ2v) is 5.60. The van der Waals surface area contributed by atoms with E-state index in [1.54, 1.807) is 12.1 Å². The molecule has 1 nitrogen and oxygen atoms in total. The first-order chi connectivity index (χ1) is 8.97. The van der Waals surface area contributed by atoms with Crippen molar-refractivity contribution in [2.75, 3.05) is 0 Å². The highest BCUT2D eigenvalue weighted by atomic mass is 35.5. The van der Waals surface area contributed by atoms with Gasteiger partial charge in [-0.1, -0.05) is 40.9 Å². The van der Waals surface area contributed by atoms with Crippen LogP contribution in [-0.4, -0.2) is 0 Å². The zero-order chi connectivity index (χ0) is 14.0. The molecule has 0 amide bonds. The number of hydrogen-bond donors (Lipinski definition) is 0. The highest BCUT2D eigenvalue weighted by molar-refractivity contribution is 6.42. The van der Waals surface area contributed by atoms with E-state index in [9.17, 15) is 0 Å². The van der Waals surface area contributed by atoms with Crippen molar-refractivity contribution < 1.29 is 4.74 Å². The average Bonchev–Trinajstić information content (AvgIpc) is 2.37. The van der Waals surface area contributed by atoms with Crippen molar-refractivity contribution in [2.45, 2.75) is 20.5 Å². The van der Waals surface area contributed by atoms with Crippen molar-refractivity contribution in [3.8, 4) is 5.75 Å². The van der Waals surface area contributed by atoms with Crippen LogP contribution in [0.15, 0.2) is 30.3 Å². The molecule has 0 N–H and O–H groups in total. The first kappa shape index (κ1) is 14.5. The number of halogens is 3. The molecule has 0 atom stereocenters. The molecule has 0 fully saturated rings. The molecule has 0 saturated heterocycles. The average molecular weight is 316 g/mol. The SMILES string of the molecule is Cc1cc(OCc2ccc(Cl)c(Cl)c2)cc(C)c1Cl. The summed E-state index contributed by atoms with van der Waals surface area (Å²) in [4.78, 5) is 0. The number of aryl methyl sites for hydroxylation is 2. The van der Waals surface area contributed by atoms with Crippen LogP contribution in [0.25, 0.3) is 0 Å². The molecule has 0 radical (unpaired) electrons. The maximum atomic E-state index is 6.12. The summed E-state index contributed by atoms with van der Waals surface area (Å²) in [6, 6.07) is 9.31. The van der Waals surface area contributed by atoms with Gasteiger partial charge in [0.1, 0.15) is 12.4 Å². The molecule has 0 bridgehead atoms. The molecule has 0 spiro atoms. The van der Waals surface area contributed by atoms with Gasteiger partial charge in [0.05, 0.1) is 10.0 Å². The summed E-state index contributed by atoms with van der Waals surface area (Å²) in [6.45, 7) is 4.36. The van der Waals surface area contributed by atoms with Crippen LogP contribution >= 0.6 is 34.8 Å². The van der Waals surface area contributed by atoms with Gasteiger partial charge >= 0.3 is 0 Å². The predicted octanol–water partition coefficient (Wildman–Crippen LogP) is 5.84. The lowest BCUT2D eigenvalue weighted by atomic mass is 10.1. The predicted molar refractivity (Wildman–Crippen MR) is 81.7 cm³/mol. The molecule has 2 aromatic rings. The Morgan fingerprint density at radius 1 is 0.895 bits per heavy atom. The van der Waals surface area contributed by atoms with Crippen LogP contribution < -0.4 is 4.74 Å². The van der Waals surface area contributed by atoms with E-state index in [2.05, 4.69) is 0 Å². The van der Waals surface area contributed by atoms with E-state index in [4.69, 9.17) is 39.5 Å². The Kier molecular flexibility index (Phi) is 4.62. The van der Waals surface area contributed by atoms with Gasteiger partial charge < -0.3 is 4.74 Å². The van der Waals surface area contributed by atoms with Gasteiger partial charge in [0.15, 0.2) is 0 Å². The van der Waals surface area contributed by atoms with Crippen LogP contribution in [0.4, 0.5) is 0 Å². The highest BCUT2D eigenvalue weighted by Crippen LogP contribution is 2.27. The van der Waals surface area contributed by atoms with Gasteiger partial charge in [0.25, 0.3) is 0 Å². The fraction of sp³-hybridized carbons (Fsp3) is 0.200. The Morgan fingerprint density at radius 2 is 1.53 bits per heavy atom. The molecule has 4 heteroatoms. The van der Waals surface area contributed by atoms with Crippen molar-refractivity contribution in [2.24, 2.45) is 0 Å². The molecule has 0 aliphatic rings. The lowest BCUT2D eigenvalue weighted by molar-refractivity contribution is 0.306. The van der Waals surface area contributed by atoms with Crippen LogP contribution in [0.5, 0.6) is 5.75 Å². The van der Waals surface area contributed by atoms with Gasteiger partial charge in [-0.2, -0.15) is 0 Å². The minimum atomic E-state index is 0.442. The standard InChI is InChI=1S/C15H13Cl3O/c1-9-5-12(6-10(2)15(9)18)19-8-11-3-4-13(16)14(17)7-11/h3-7H,8H2,1-2H3. The van der Waals surface area contributed by atoms with E-state index in [0.717, 1.165) is 27.5 Å². The van der Waals surface area contributed by atoms with Gasteiger partial charge in [0.2, 0.25) is 0 Å². The van der Waals surface area contributed by atoms with E-state index in [1.165, 1.54) is 0 Å². The van der Waals surface area contributed by atoms with Crippen LogP contribution in [-0.2, 0) is 6.61 Å². The zero-order valence-electron chi connectivity index (χ0n) is 10.6. The van der Waals surface area contributed by atoms with Gasteiger partial charge in [-0.25, -0.2) is 0 Å². The zero-order valence-corrected chi connectivity index (χ0v) is 12.9. The second-order valence-electron chi connectivity index (χ2n) is 4.41. The van der Waals surface area contributed by atoms with Crippen molar-refractivity contribution in [1.29, 1.82) is 0 Å². The molecule has 0 heterocycles. The Hall–Kier alpha value is -0.890. The normalized spacial score (nSPS) is 10.6. The summed E-state index contributed by atoms with van der Waals surface area (Å²) in [6.07, 6.45) is 0. The van der Waals surface area contributed by atoms with Crippen LogP contribution in [0.2, 0.25) is 15.1 Å². The van der Waals surface area contributed by atoms with Crippen LogP contribution in [0, 0.1) is 13.8 Å². The van der Waals surface area contributed by atoms with E-state index in [-0.39, 0.29) is 0 Å². The molecular formula is C15H13Cl3O. The largest absolute Gasteiger partial charge is 0.489 e. The van der Waals surface area contributed by atoms with Crippen LogP contribution in [0.3, 0.4) is 0 Å². The topological polar surface area (TPSA) is 9.23 Å². The molecule has 100 valence electrons. The van der Waals surface area contributed by atoms with E-state index < -0.39 is 0 Å². The molecule has 0 unspecified atom stereocenters. The molecular weight excluding hydrogens is 303 g/mol. The molecule has 0 aliphatic heterocycles. The lowest BCUT2D eigenvalue weighted by Crippen LogP contribution is -1.96. The third-order valence-electron chi connectivity index (χ3n) is 2.80. The van der Waals surface area contributed by atoms with Crippen LogP contribution in [0.1, 0.15) is 16.7 Å². The summed E-state index contributed by atoms with van der Waals surface area (Å²) in [7, 11) is 0. The minimum Gasteiger partial charge on any atom is -0.489 e. The Morgan fingerprint density at radius 3 is 2.11 bits per heavy atom. The Labute approximate surface area is 128 Å². The van der Waals surface area contributed by atoms with E-state index >= 15 is 0 Å². The van der Waals surface area contributed by atoms with Crippen molar-refractivity contribution >= 4 is 34.8 Å². The number of ether oxygens (including phenoxy) is 1. The van der Waals surface area contributed by atoms with Gasteiger partial charge in [-0.05, 0) is 54.8 Å². The number of benzene rings is 2. The lowest BCUT2D eigenvalue weighted by Gasteiger charge is -2.10. The fourth-order valence-electron chi connectivity index (χ4n) is 1.79. The highest BCUT2D eigenvalue weighted by Gasteiger charge is 2.05. The first-order valence-corrected chi connectivity index (χ1v) is 6.94. The molecule has 0 saturated carbocycles. The third-order valence-corrected chi connectivity index (χ3v) is 4.13. The smallest absolute Gasteiger partial charge is 0.120 e. The van der Waals surface area contributed by atoms with E-state index in [0.29, 0.717) is 16.7 Å². The quantitative estimate of drug-likeness (QED) is 0.691. The molecule has 2 aromatic carbocycles. The monoisotopic (exact) mass is 314 g/mol. The van der Waals surface area contributed by atoms with Gasteiger partial charge in [-0.15, -0.1) is 0 Å². The van der Waals surface area contributed by atoms with Crippen molar-refractivity contribution in [1.82, 2.24) is 0 Å². The summed E-state index contributed by atoms with van der Waals surface area (Å²) < 4.78 is 5.74. The number of hydrogen-bond acceptors (Lipinski definition) is 1. The first-order valence-electron chi connectivity index (χ1n) is 5.81. The maximum Gasteiger partial charge on any atom is 0.120 e. The minimum absolute atomic E-state index is 0.442. The molecule has 0 aromatic heterocycles. The van der Waals surface area contributed by atoms with Crippen molar-refractivity contribution in [3.63, 3.8) is 0 Å². The molecule has 19 heavy (non-hydrogen) atoms. The summed E-state index contributed by atoms with van der Waals surface area (Å²) in [5.74, 6) is 0.797. The summed E-state index contributed by atoms with van der Waals surface area (Å²) >= 11 is 17.9. The fourth-order valence-corrected chi connectivity index (χ4v) is 2.22. The second kappa shape index (κ2) is 6.04. The van der Waals surface area contributed by atoms with Crippen molar-refractivity contribution in [3.05, 3.63) is 62.1 Å². The third kappa shape index (κ3) is 3.56. The van der Waals surface area contributed by atoms with Gasteiger partial charge in [0, 0.05) is 5.02 Å². The Bertz CT molecular complexity index is 585. The van der Waals surface area contributed by atoms with E-state index in [1.807, 2.05) is 32.0 Å². The molecule has 0 aliphatic carbocycles. The maximum absolute atomic E-state index is 6.12. The summed E-state index contributed by atoms with van der Waals surface area (Å²) in [5.41, 5.74) is 2.98. The molecule has 2 rings (SSSR count).